The second-order valence-electron chi connectivity index (χ2n) is 12.9. The van der Waals surface area contributed by atoms with E-state index < -0.39 is 0 Å². The molecule has 252 valence electrons. The summed E-state index contributed by atoms with van der Waals surface area (Å²) in [5.74, 6) is 1.45. The lowest BCUT2D eigenvalue weighted by Gasteiger charge is -2.38. The zero-order valence-corrected chi connectivity index (χ0v) is 27.5. The van der Waals surface area contributed by atoms with E-state index >= 15 is 0 Å². The molecule has 13 heteroatoms. The van der Waals surface area contributed by atoms with Gasteiger partial charge in [0.2, 0.25) is 11.9 Å². The fraction of sp³-hybridized carbons (Fsp3) is 0.529. The lowest BCUT2D eigenvalue weighted by Crippen LogP contribution is -2.48. The van der Waals surface area contributed by atoms with Crippen LogP contribution in [0, 0.1) is 0 Å². The van der Waals surface area contributed by atoms with E-state index in [1.807, 2.05) is 41.3 Å². The summed E-state index contributed by atoms with van der Waals surface area (Å²) in [6.45, 7) is 12.3. The number of ether oxygens (including phenoxy) is 1. The largest absolute Gasteiger partial charge is 0.394 e. The number of anilines is 5. The number of amides is 2. The van der Waals surface area contributed by atoms with Crippen molar-refractivity contribution in [3.05, 3.63) is 48.5 Å². The van der Waals surface area contributed by atoms with Crippen LogP contribution in [0.25, 0.3) is 11.4 Å². The van der Waals surface area contributed by atoms with Crippen LogP contribution in [0.3, 0.4) is 0 Å². The maximum absolute atomic E-state index is 12.9. The van der Waals surface area contributed by atoms with E-state index in [0.717, 1.165) is 56.0 Å². The molecule has 47 heavy (non-hydrogen) atoms. The predicted molar refractivity (Wildman–Crippen MR) is 184 cm³/mol. The maximum atomic E-state index is 12.9. The number of urea groups is 1. The molecular formula is C34H47N9O4. The molecule has 0 spiro atoms. The van der Waals surface area contributed by atoms with Crippen molar-refractivity contribution < 1.29 is 19.7 Å². The minimum Gasteiger partial charge on any atom is -0.394 e. The molecular weight excluding hydrogens is 598 g/mol. The fourth-order valence-corrected chi connectivity index (χ4v) is 6.65. The first-order valence-electron chi connectivity index (χ1n) is 16.7. The molecule has 0 aliphatic carbocycles. The average Bonchev–Trinajstić information content (AvgIpc) is 3.52. The van der Waals surface area contributed by atoms with Crippen LogP contribution in [0.4, 0.5) is 33.8 Å². The number of carbonyl (C=O) groups excluding carboxylic acids is 1. The third-order valence-electron chi connectivity index (χ3n) is 9.44. The van der Waals surface area contributed by atoms with Gasteiger partial charge in [-0.25, -0.2) is 4.79 Å². The standard InChI is InChI=1S/C34H47N9O4/c1-23(2)40-14-16-41(17-15-40)28-10-8-27(9-11-28)36-34(46)35-26-6-4-25(5-7-26)31-37-32(42-18-19-47-22-24(42)3)39-33(38-31)43-29(20-44)12-13-30(43)21-45/h4-11,23-24,29-30,44-45H,12-22H2,1-3H3,(H2,35,36,46)/t24?,29-,30+. The van der Waals surface area contributed by atoms with Crippen LogP contribution in [0.2, 0.25) is 0 Å². The molecule has 3 atom stereocenters. The van der Waals surface area contributed by atoms with Gasteiger partial charge in [-0.1, -0.05) is 0 Å². The zero-order chi connectivity index (χ0) is 32.9. The molecule has 3 saturated heterocycles. The summed E-state index contributed by atoms with van der Waals surface area (Å²) in [5, 5.41) is 26.0. The van der Waals surface area contributed by atoms with Gasteiger partial charge in [0.05, 0.1) is 44.6 Å². The minimum absolute atomic E-state index is 0.0525. The van der Waals surface area contributed by atoms with Gasteiger partial charge in [0.25, 0.3) is 0 Å². The van der Waals surface area contributed by atoms with Crippen LogP contribution in [-0.4, -0.2) is 119 Å². The average molecular weight is 646 g/mol. The molecule has 1 unspecified atom stereocenters. The van der Waals surface area contributed by atoms with Gasteiger partial charge in [0, 0.05) is 61.4 Å². The molecule has 3 fully saturated rings. The van der Waals surface area contributed by atoms with Crippen LogP contribution < -0.4 is 25.3 Å². The van der Waals surface area contributed by atoms with Gasteiger partial charge in [-0.3, -0.25) is 4.90 Å². The number of benzene rings is 2. The number of nitrogens with zero attached hydrogens (tertiary/aromatic N) is 7. The third-order valence-corrected chi connectivity index (χ3v) is 9.44. The number of carbonyl (C=O) groups is 1. The molecule has 1 aromatic heterocycles. The SMILES string of the molecule is CC(C)N1CCN(c2ccc(NC(=O)Nc3ccc(-c4nc(N5CCOCC5C)nc(N5[C@H](CO)CC[C@@H]5CO)n4)cc3)cc2)CC1. The quantitative estimate of drug-likeness (QED) is 0.272. The van der Waals surface area contributed by atoms with Crippen molar-refractivity contribution >= 4 is 35.0 Å². The highest BCUT2D eigenvalue weighted by molar-refractivity contribution is 5.99. The van der Waals surface area contributed by atoms with Gasteiger partial charge in [-0.15, -0.1) is 0 Å². The Hall–Kier alpha value is -4.04. The number of aromatic nitrogens is 3. The van der Waals surface area contributed by atoms with Crippen molar-refractivity contribution in [3.63, 3.8) is 0 Å². The Balaban J connectivity index is 1.14. The van der Waals surface area contributed by atoms with E-state index in [1.165, 1.54) is 0 Å². The fourth-order valence-electron chi connectivity index (χ4n) is 6.65. The molecule has 0 bridgehead atoms. The molecule has 0 radical (unpaired) electrons. The van der Waals surface area contributed by atoms with Crippen molar-refractivity contribution in [2.45, 2.75) is 57.8 Å². The molecule has 4 N–H and O–H groups in total. The molecule has 3 aromatic rings. The highest BCUT2D eigenvalue weighted by atomic mass is 16.5. The second-order valence-corrected chi connectivity index (χ2v) is 12.9. The third kappa shape index (κ3) is 7.59. The number of hydrogen-bond donors (Lipinski definition) is 4. The van der Waals surface area contributed by atoms with E-state index in [-0.39, 0.29) is 37.4 Å². The van der Waals surface area contributed by atoms with E-state index in [4.69, 9.17) is 19.7 Å². The minimum atomic E-state index is -0.332. The first kappa shape index (κ1) is 32.9. The molecule has 6 rings (SSSR count). The van der Waals surface area contributed by atoms with Gasteiger partial charge < -0.3 is 40.3 Å². The molecule has 2 aromatic carbocycles. The Bertz CT molecular complexity index is 1470. The summed E-state index contributed by atoms with van der Waals surface area (Å²) in [6.07, 6.45) is 1.49. The Morgan fingerprint density at radius 1 is 0.851 bits per heavy atom. The highest BCUT2D eigenvalue weighted by Crippen LogP contribution is 2.31. The lowest BCUT2D eigenvalue weighted by atomic mass is 10.2. The first-order valence-corrected chi connectivity index (χ1v) is 16.7. The number of morpholine rings is 1. The molecule has 13 nitrogen and oxygen atoms in total. The van der Waals surface area contributed by atoms with Gasteiger partial charge in [-0.2, -0.15) is 15.0 Å². The predicted octanol–water partition coefficient (Wildman–Crippen LogP) is 3.26. The summed E-state index contributed by atoms with van der Waals surface area (Å²) >= 11 is 0. The second kappa shape index (κ2) is 14.8. The molecule has 0 saturated carbocycles. The van der Waals surface area contributed by atoms with Crippen molar-refractivity contribution in [2.24, 2.45) is 0 Å². The highest BCUT2D eigenvalue weighted by Gasteiger charge is 2.36. The monoisotopic (exact) mass is 645 g/mol. The van der Waals surface area contributed by atoms with Gasteiger partial charge >= 0.3 is 6.03 Å². The van der Waals surface area contributed by atoms with Crippen LogP contribution in [0.1, 0.15) is 33.6 Å². The van der Waals surface area contributed by atoms with Gasteiger partial charge in [0.1, 0.15) is 0 Å². The Morgan fingerprint density at radius 3 is 2.02 bits per heavy atom. The Labute approximate surface area is 276 Å². The summed E-state index contributed by atoms with van der Waals surface area (Å²) in [5.41, 5.74) is 3.26. The Kier molecular flexibility index (Phi) is 10.4. The number of aliphatic hydroxyl groups excluding tert-OH is 2. The topological polar surface area (TPSA) is 142 Å². The number of piperazine rings is 1. The molecule has 3 aliphatic rings. The van der Waals surface area contributed by atoms with Gasteiger partial charge in [-0.05, 0) is 82.1 Å². The van der Waals surface area contributed by atoms with Crippen LogP contribution >= 0.6 is 0 Å². The number of aliphatic hydroxyl groups is 2. The lowest BCUT2D eigenvalue weighted by molar-refractivity contribution is 0.0981. The Morgan fingerprint density at radius 2 is 1.45 bits per heavy atom. The van der Waals surface area contributed by atoms with E-state index in [9.17, 15) is 15.0 Å². The van der Waals surface area contributed by atoms with E-state index in [1.54, 1.807) is 0 Å². The molecule has 4 heterocycles. The summed E-state index contributed by atoms with van der Waals surface area (Å²) in [6, 6.07) is 15.3. The van der Waals surface area contributed by atoms with Gasteiger partial charge in [0.15, 0.2) is 5.82 Å². The maximum Gasteiger partial charge on any atom is 0.323 e. The van der Waals surface area contributed by atoms with E-state index in [0.29, 0.717) is 49.2 Å². The van der Waals surface area contributed by atoms with Crippen molar-refractivity contribution in [1.29, 1.82) is 0 Å². The summed E-state index contributed by atoms with van der Waals surface area (Å²) in [7, 11) is 0. The number of hydrogen-bond acceptors (Lipinski definition) is 11. The van der Waals surface area contributed by atoms with Crippen LogP contribution in [0.5, 0.6) is 0 Å². The van der Waals surface area contributed by atoms with Crippen molar-refractivity contribution in [1.82, 2.24) is 19.9 Å². The smallest absolute Gasteiger partial charge is 0.323 e. The number of rotatable bonds is 9. The summed E-state index contributed by atoms with van der Waals surface area (Å²) in [4.78, 5) is 36.2. The van der Waals surface area contributed by atoms with Crippen molar-refractivity contribution in [2.75, 3.05) is 84.5 Å². The molecule has 2 amide bonds. The van der Waals surface area contributed by atoms with Crippen LogP contribution in [-0.2, 0) is 4.74 Å². The summed E-state index contributed by atoms with van der Waals surface area (Å²) < 4.78 is 5.64. The van der Waals surface area contributed by atoms with Crippen molar-refractivity contribution in [3.8, 4) is 11.4 Å². The zero-order valence-electron chi connectivity index (χ0n) is 27.5. The first-order chi connectivity index (χ1) is 22.8. The number of nitrogens with one attached hydrogen (secondary N) is 2. The van der Waals surface area contributed by atoms with Crippen LogP contribution in [0.15, 0.2) is 48.5 Å². The van der Waals surface area contributed by atoms with E-state index in [2.05, 4.69) is 58.2 Å². The molecule has 3 aliphatic heterocycles. The normalized spacial score (nSPS) is 22.2.